The number of esters is 2. The second kappa shape index (κ2) is 12.3. The van der Waals surface area contributed by atoms with Crippen LogP contribution in [0.15, 0.2) is 77.1 Å². The number of methoxy groups -OCH3 is 1. The molecule has 1 aliphatic carbocycles. The molecular formula is C30H33NO6S. The summed E-state index contributed by atoms with van der Waals surface area (Å²) >= 11 is 1.68. The summed E-state index contributed by atoms with van der Waals surface area (Å²) in [5.41, 5.74) is 2.81. The predicted molar refractivity (Wildman–Crippen MR) is 147 cm³/mol. The Morgan fingerprint density at radius 1 is 1.08 bits per heavy atom. The second-order valence-electron chi connectivity index (χ2n) is 9.36. The van der Waals surface area contributed by atoms with E-state index in [9.17, 15) is 14.4 Å². The fraction of sp³-hybridized carbons (Fsp3) is 0.367. The molecule has 0 fully saturated rings. The number of allylic oxidation sites excluding steroid dienone is 3. The van der Waals surface area contributed by atoms with Gasteiger partial charge >= 0.3 is 11.9 Å². The van der Waals surface area contributed by atoms with Crippen molar-refractivity contribution in [1.29, 1.82) is 0 Å². The number of thioether (sulfide) groups is 1. The second-order valence-corrected chi connectivity index (χ2v) is 10.7. The zero-order valence-electron chi connectivity index (χ0n) is 22.1. The molecule has 4 rings (SSSR count). The number of ether oxygens (including phenoxy) is 3. The van der Waals surface area contributed by atoms with E-state index in [1.807, 2.05) is 75.4 Å². The number of nitrogens with one attached hydrogen (secondary N) is 1. The Labute approximate surface area is 227 Å². The molecule has 0 radical (unpaired) electrons. The first kappa shape index (κ1) is 27.5. The summed E-state index contributed by atoms with van der Waals surface area (Å²) < 4.78 is 16.7. The number of ketones is 1. The standard InChI is InChI=1S/C30H33NO6S/c1-5-38-15-14-36-30(34)25-19(3)31-23-16-18(2)24(29(33)35-4)28(32)27(23)26(25)20-10-9-13-22(17-20)37-21-11-7-6-8-12-21/h6-13,17-18,24,26,31H,5,14-16H2,1-4H3/t18-,24+,26+/m0/s1. The fourth-order valence-corrected chi connectivity index (χ4v) is 5.57. The van der Waals surface area contributed by atoms with Crippen molar-refractivity contribution in [1.82, 2.24) is 5.32 Å². The largest absolute Gasteiger partial charge is 0.468 e. The molecule has 2 aromatic rings. The molecule has 0 bridgehead atoms. The molecule has 2 aromatic carbocycles. The molecule has 0 unspecified atom stereocenters. The zero-order chi connectivity index (χ0) is 27.2. The highest BCUT2D eigenvalue weighted by molar-refractivity contribution is 7.99. The van der Waals surface area contributed by atoms with Crippen molar-refractivity contribution < 1.29 is 28.6 Å². The van der Waals surface area contributed by atoms with Crippen LogP contribution in [0.3, 0.4) is 0 Å². The highest BCUT2D eigenvalue weighted by Crippen LogP contribution is 2.46. The Hall–Kier alpha value is -3.52. The first-order chi connectivity index (χ1) is 18.3. The van der Waals surface area contributed by atoms with Gasteiger partial charge in [-0.15, -0.1) is 0 Å². The molecule has 1 N–H and O–H groups in total. The van der Waals surface area contributed by atoms with E-state index in [0.29, 0.717) is 46.1 Å². The summed E-state index contributed by atoms with van der Waals surface area (Å²) in [5, 5.41) is 3.29. The number of carbonyl (C=O) groups is 3. The highest BCUT2D eigenvalue weighted by Gasteiger charge is 2.47. The van der Waals surface area contributed by atoms with Gasteiger partial charge in [-0.2, -0.15) is 11.8 Å². The van der Waals surface area contributed by atoms with Gasteiger partial charge in [0.1, 0.15) is 24.0 Å². The van der Waals surface area contributed by atoms with Gasteiger partial charge < -0.3 is 19.5 Å². The van der Waals surface area contributed by atoms with Crippen molar-refractivity contribution in [3.05, 3.63) is 82.7 Å². The van der Waals surface area contributed by atoms with Gasteiger partial charge in [0.05, 0.1) is 12.7 Å². The number of dihydropyridines is 1. The number of hydrogen-bond acceptors (Lipinski definition) is 8. The van der Waals surface area contributed by atoms with Crippen LogP contribution in [0.5, 0.6) is 11.5 Å². The number of carbonyl (C=O) groups excluding carboxylic acids is 3. The summed E-state index contributed by atoms with van der Waals surface area (Å²) in [6, 6.07) is 16.7. The maximum absolute atomic E-state index is 13.9. The topological polar surface area (TPSA) is 90.9 Å². The fourth-order valence-electron chi connectivity index (χ4n) is 5.08. The molecule has 0 aromatic heterocycles. The van der Waals surface area contributed by atoms with Gasteiger partial charge in [0.2, 0.25) is 0 Å². The van der Waals surface area contributed by atoms with Crippen LogP contribution in [0.4, 0.5) is 0 Å². The quantitative estimate of drug-likeness (QED) is 0.260. The minimum absolute atomic E-state index is 0.248. The molecule has 1 heterocycles. The molecule has 3 atom stereocenters. The van der Waals surface area contributed by atoms with Gasteiger partial charge in [-0.1, -0.05) is 44.2 Å². The maximum Gasteiger partial charge on any atom is 0.336 e. The van der Waals surface area contributed by atoms with E-state index in [4.69, 9.17) is 14.2 Å². The van der Waals surface area contributed by atoms with Gasteiger partial charge in [0.15, 0.2) is 5.78 Å². The number of benzene rings is 2. The van der Waals surface area contributed by atoms with E-state index >= 15 is 0 Å². The minimum atomic E-state index is -0.941. The molecule has 0 saturated carbocycles. The van der Waals surface area contributed by atoms with Crippen LogP contribution in [-0.2, 0) is 23.9 Å². The Balaban J connectivity index is 1.77. The van der Waals surface area contributed by atoms with Crippen LogP contribution in [0, 0.1) is 11.8 Å². The SMILES string of the molecule is CCSCCOC(=O)C1=C(C)NC2=C(C(=O)[C@H](C(=O)OC)[C@@H](C)C2)[C@@H]1c1cccc(Oc2ccccc2)c1. The summed E-state index contributed by atoms with van der Waals surface area (Å²) in [5.74, 6) is -0.452. The van der Waals surface area contributed by atoms with E-state index in [2.05, 4.69) is 5.32 Å². The third-order valence-electron chi connectivity index (χ3n) is 6.80. The lowest BCUT2D eigenvalue weighted by Gasteiger charge is -2.38. The molecule has 38 heavy (non-hydrogen) atoms. The molecule has 200 valence electrons. The average molecular weight is 536 g/mol. The third kappa shape index (κ3) is 5.80. The van der Waals surface area contributed by atoms with E-state index in [-0.39, 0.29) is 18.3 Å². The van der Waals surface area contributed by atoms with Gasteiger partial charge in [-0.25, -0.2) is 4.79 Å². The molecular weight excluding hydrogens is 502 g/mol. The molecule has 0 saturated heterocycles. The Kier molecular flexibility index (Phi) is 8.94. The van der Waals surface area contributed by atoms with Gasteiger partial charge in [0.25, 0.3) is 0 Å². The van der Waals surface area contributed by atoms with Crippen molar-refractivity contribution >= 4 is 29.5 Å². The Morgan fingerprint density at radius 3 is 2.53 bits per heavy atom. The monoisotopic (exact) mass is 535 g/mol. The van der Waals surface area contributed by atoms with Crippen molar-refractivity contribution in [2.24, 2.45) is 11.8 Å². The van der Waals surface area contributed by atoms with Crippen LogP contribution in [0.2, 0.25) is 0 Å². The summed E-state index contributed by atoms with van der Waals surface area (Å²) in [7, 11) is 1.29. The van der Waals surface area contributed by atoms with Crippen molar-refractivity contribution in [2.75, 3.05) is 25.2 Å². The van der Waals surface area contributed by atoms with Crippen LogP contribution in [-0.4, -0.2) is 42.9 Å². The van der Waals surface area contributed by atoms with E-state index in [1.54, 1.807) is 11.8 Å². The van der Waals surface area contributed by atoms with E-state index in [0.717, 1.165) is 11.4 Å². The highest BCUT2D eigenvalue weighted by atomic mass is 32.2. The zero-order valence-corrected chi connectivity index (χ0v) is 22.9. The number of para-hydroxylation sites is 1. The lowest BCUT2D eigenvalue weighted by atomic mass is 9.69. The molecule has 0 spiro atoms. The lowest BCUT2D eigenvalue weighted by Crippen LogP contribution is -2.43. The van der Waals surface area contributed by atoms with Crippen LogP contribution < -0.4 is 10.1 Å². The van der Waals surface area contributed by atoms with Crippen molar-refractivity contribution in [3.63, 3.8) is 0 Å². The Morgan fingerprint density at radius 2 is 1.82 bits per heavy atom. The molecule has 2 aliphatic rings. The summed E-state index contributed by atoms with van der Waals surface area (Å²) in [6.45, 7) is 5.99. The van der Waals surface area contributed by atoms with Gasteiger partial charge in [-0.05, 0) is 54.8 Å². The molecule has 1 aliphatic heterocycles. The predicted octanol–water partition coefficient (Wildman–Crippen LogP) is 5.39. The smallest absolute Gasteiger partial charge is 0.336 e. The number of hydrogen-bond donors (Lipinski definition) is 1. The van der Waals surface area contributed by atoms with Gasteiger partial charge in [-0.3, -0.25) is 9.59 Å². The summed E-state index contributed by atoms with van der Waals surface area (Å²) in [4.78, 5) is 40.0. The minimum Gasteiger partial charge on any atom is -0.468 e. The van der Waals surface area contributed by atoms with Crippen molar-refractivity contribution in [3.8, 4) is 11.5 Å². The molecule has 0 amide bonds. The number of rotatable bonds is 9. The van der Waals surface area contributed by atoms with Crippen LogP contribution >= 0.6 is 11.8 Å². The number of Topliss-reactive ketones (excluding diaryl/α,β-unsaturated/α-hetero) is 1. The molecule has 7 nitrogen and oxygen atoms in total. The normalized spacial score (nSPS) is 20.9. The van der Waals surface area contributed by atoms with Crippen LogP contribution in [0.25, 0.3) is 0 Å². The van der Waals surface area contributed by atoms with Crippen LogP contribution in [0.1, 0.15) is 38.7 Å². The Bertz CT molecular complexity index is 1270. The third-order valence-corrected chi connectivity index (χ3v) is 7.66. The van der Waals surface area contributed by atoms with E-state index in [1.165, 1.54) is 7.11 Å². The first-order valence-corrected chi connectivity index (χ1v) is 13.9. The van der Waals surface area contributed by atoms with Crippen molar-refractivity contribution in [2.45, 2.75) is 33.1 Å². The summed E-state index contributed by atoms with van der Waals surface area (Å²) in [6.07, 6.45) is 0.477. The average Bonchev–Trinajstić information content (AvgIpc) is 2.90. The molecule has 8 heteroatoms. The first-order valence-electron chi connectivity index (χ1n) is 12.8. The van der Waals surface area contributed by atoms with E-state index < -0.39 is 23.8 Å². The lowest BCUT2D eigenvalue weighted by molar-refractivity contribution is -0.151. The van der Waals surface area contributed by atoms with Gasteiger partial charge in [0, 0.05) is 28.6 Å². The maximum atomic E-state index is 13.9.